The van der Waals surface area contributed by atoms with E-state index >= 15 is 0 Å². The Balaban J connectivity index is 1.63. The topological polar surface area (TPSA) is 24.9 Å². The fraction of sp³-hybridized carbons (Fsp3) is 0.455. The van der Waals surface area contributed by atoms with Crippen molar-refractivity contribution in [3.63, 3.8) is 0 Å². The van der Waals surface area contributed by atoms with E-state index in [1.165, 1.54) is 22.5 Å². The van der Waals surface area contributed by atoms with Gasteiger partial charge in [0.1, 0.15) is 6.23 Å². The maximum absolute atomic E-state index is 6.14. The summed E-state index contributed by atoms with van der Waals surface area (Å²) in [4.78, 5) is 4.83. The number of para-hydroxylation sites is 2. The van der Waals surface area contributed by atoms with E-state index in [0.29, 0.717) is 0 Å². The summed E-state index contributed by atoms with van der Waals surface area (Å²) in [5.41, 5.74) is 5.47. The number of fused-ring (bicyclic) bond motifs is 2. The molecular weight excluding hydrogens is 324 g/mol. The van der Waals surface area contributed by atoms with Gasteiger partial charge < -0.3 is 14.4 Å². The molecule has 0 amide bonds. The van der Waals surface area contributed by atoms with Crippen LogP contribution in [0, 0.1) is 0 Å². The van der Waals surface area contributed by atoms with Gasteiger partial charge in [0.05, 0.1) is 19.3 Å². The molecule has 0 bridgehead atoms. The van der Waals surface area contributed by atoms with Crippen molar-refractivity contribution in [1.82, 2.24) is 4.90 Å². The fourth-order valence-electron chi connectivity index (χ4n) is 4.10. The number of ether oxygens (including phenoxy) is 2. The third-order valence-corrected chi connectivity index (χ3v) is 5.64. The number of hydrogen-bond donors (Lipinski definition) is 0. The zero-order valence-corrected chi connectivity index (χ0v) is 15.7. The molecule has 138 valence electrons. The standard InChI is InChI=1S/C22H28N2O2/c1-17(25-2)23-13-14-26-20(15-23)16-24-21-9-5-3-7-18(21)11-12-19-8-4-6-10-22(19)24/h3-10,17,20H,11-16H2,1-2H3. The first kappa shape index (κ1) is 17.5. The minimum absolute atomic E-state index is 0.130. The van der Waals surface area contributed by atoms with E-state index in [1.807, 2.05) is 0 Å². The van der Waals surface area contributed by atoms with Gasteiger partial charge in [-0.05, 0) is 43.0 Å². The van der Waals surface area contributed by atoms with Gasteiger partial charge in [-0.25, -0.2) is 0 Å². The Labute approximate surface area is 156 Å². The molecule has 1 fully saturated rings. The number of hydrogen-bond acceptors (Lipinski definition) is 4. The zero-order valence-electron chi connectivity index (χ0n) is 15.7. The Morgan fingerprint density at radius 1 is 1.04 bits per heavy atom. The highest BCUT2D eigenvalue weighted by molar-refractivity contribution is 5.71. The van der Waals surface area contributed by atoms with Gasteiger partial charge in [0.15, 0.2) is 0 Å². The number of rotatable bonds is 4. The molecule has 2 unspecified atom stereocenters. The minimum atomic E-state index is 0.130. The van der Waals surface area contributed by atoms with Crippen molar-refractivity contribution < 1.29 is 9.47 Å². The zero-order chi connectivity index (χ0) is 17.9. The second-order valence-electron chi connectivity index (χ2n) is 7.19. The molecule has 0 N–H and O–H groups in total. The maximum Gasteiger partial charge on any atom is 0.107 e. The summed E-state index contributed by atoms with van der Waals surface area (Å²) in [6.07, 6.45) is 2.47. The van der Waals surface area contributed by atoms with E-state index in [4.69, 9.17) is 9.47 Å². The molecule has 0 radical (unpaired) electrons. The average Bonchev–Trinajstić information content (AvgIpc) is 2.85. The summed E-state index contributed by atoms with van der Waals surface area (Å²) >= 11 is 0. The second-order valence-corrected chi connectivity index (χ2v) is 7.19. The van der Waals surface area contributed by atoms with Crippen LogP contribution in [0.3, 0.4) is 0 Å². The van der Waals surface area contributed by atoms with Gasteiger partial charge in [-0.2, -0.15) is 0 Å². The molecule has 4 rings (SSSR count). The van der Waals surface area contributed by atoms with E-state index in [-0.39, 0.29) is 12.3 Å². The van der Waals surface area contributed by atoms with Crippen LogP contribution in [-0.4, -0.2) is 50.6 Å². The summed E-state index contributed by atoms with van der Waals surface area (Å²) in [6.45, 7) is 5.56. The molecule has 26 heavy (non-hydrogen) atoms. The maximum atomic E-state index is 6.14. The highest BCUT2D eigenvalue weighted by atomic mass is 16.5. The molecule has 0 aliphatic carbocycles. The number of nitrogens with zero attached hydrogens (tertiary/aromatic N) is 2. The fourth-order valence-corrected chi connectivity index (χ4v) is 4.10. The molecule has 4 heteroatoms. The SMILES string of the molecule is COC(C)N1CCOC(CN2c3ccccc3CCc3ccccc32)C1. The molecular formula is C22H28N2O2. The van der Waals surface area contributed by atoms with Gasteiger partial charge in [0.2, 0.25) is 0 Å². The highest BCUT2D eigenvalue weighted by Gasteiger charge is 2.28. The Kier molecular flexibility index (Phi) is 5.25. The molecule has 2 aromatic carbocycles. The molecule has 2 aliphatic rings. The van der Waals surface area contributed by atoms with Gasteiger partial charge in [-0.15, -0.1) is 0 Å². The molecule has 0 spiro atoms. The lowest BCUT2D eigenvalue weighted by molar-refractivity contribution is -0.0967. The van der Waals surface area contributed by atoms with Gasteiger partial charge in [0, 0.05) is 31.6 Å². The summed E-state index contributed by atoms with van der Waals surface area (Å²) in [7, 11) is 1.77. The van der Waals surface area contributed by atoms with Crippen LogP contribution in [0.5, 0.6) is 0 Å². The first-order chi connectivity index (χ1) is 12.8. The minimum Gasteiger partial charge on any atom is -0.374 e. The second kappa shape index (κ2) is 7.78. The van der Waals surface area contributed by atoms with Crippen LogP contribution in [0.2, 0.25) is 0 Å². The van der Waals surface area contributed by atoms with Gasteiger partial charge in [-0.3, -0.25) is 4.90 Å². The number of benzene rings is 2. The van der Waals surface area contributed by atoms with Crippen molar-refractivity contribution >= 4 is 11.4 Å². The lowest BCUT2D eigenvalue weighted by atomic mass is 10.0. The predicted molar refractivity (Wildman–Crippen MR) is 105 cm³/mol. The molecule has 4 nitrogen and oxygen atoms in total. The number of anilines is 2. The van der Waals surface area contributed by atoms with Crippen molar-refractivity contribution in [3.05, 3.63) is 59.7 Å². The third-order valence-electron chi connectivity index (χ3n) is 5.64. The van der Waals surface area contributed by atoms with Crippen LogP contribution in [0.1, 0.15) is 18.1 Å². The van der Waals surface area contributed by atoms with E-state index in [1.54, 1.807) is 7.11 Å². The van der Waals surface area contributed by atoms with Crippen LogP contribution in [-0.2, 0) is 22.3 Å². The Morgan fingerprint density at radius 3 is 2.27 bits per heavy atom. The third kappa shape index (κ3) is 3.50. The van der Waals surface area contributed by atoms with Crippen LogP contribution in [0.25, 0.3) is 0 Å². The predicted octanol–water partition coefficient (Wildman–Crippen LogP) is 3.62. The smallest absolute Gasteiger partial charge is 0.107 e. The monoisotopic (exact) mass is 352 g/mol. The lowest BCUT2D eigenvalue weighted by Crippen LogP contribution is -2.50. The Morgan fingerprint density at radius 2 is 1.65 bits per heavy atom. The quantitative estimate of drug-likeness (QED) is 0.839. The first-order valence-electron chi connectivity index (χ1n) is 9.58. The Bertz CT molecular complexity index is 701. The van der Waals surface area contributed by atoms with Crippen molar-refractivity contribution in [3.8, 4) is 0 Å². The normalized spacial score (nSPS) is 21.6. The molecule has 2 atom stereocenters. The number of morpholine rings is 1. The van der Waals surface area contributed by atoms with E-state index in [2.05, 4.69) is 65.3 Å². The summed E-state index contributed by atoms with van der Waals surface area (Å²) in [5.74, 6) is 0. The average molecular weight is 352 g/mol. The van der Waals surface area contributed by atoms with E-state index < -0.39 is 0 Å². The van der Waals surface area contributed by atoms with Gasteiger partial charge in [0.25, 0.3) is 0 Å². The molecule has 1 saturated heterocycles. The number of methoxy groups -OCH3 is 1. The molecule has 2 aromatic rings. The first-order valence-corrected chi connectivity index (χ1v) is 9.58. The van der Waals surface area contributed by atoms with Gasteiger partial charge >= 0.3 is 0 Å². The summed E-state index contributed by atoms with van der Waals surface area (Å²) in [6, 6.07) is 17.6. The van der Waals surface area contributed by atoms with Crippen LogP contribution >= 0.6 is 0 Å². The largest absolute Gasteiger partial charge is 0.374 e. The van der Waals surface area contributed by atoms with Crippen LogP contribution in [0.15, 0.2) is 48.5 Å². The summed E-state index contributed by atoms with van der Waals surface area (Å²) < 4.78 is 11.7. The van der Waals surface area contributed by atoms with E-state index in [9.17, 15) is 0 Å². The van der Waals surface area contributed by atoms with Crippen LogP contribution < -0.4 is 4.90 Å². The molecule has 0 aromatic heterocycles. The van der Waals surface area contributed by atoms with Crippen molar-refractivity contribution in [2.45, 2.75) is 32.1 Å². The molecule has 2 heterocycles. The molecule has 2 aliphatic heterocycles. The van der Waals surface area contributed by atoms with Crippen molar-refractivity contribution in [2.24, 2.45) is 0 Å². The number of aryl methyl sites for hydroxylation is 2. The van der Waals surface area contributed by atoms with Crippen molar-refractivity contribution in [2.75, 3.05) is 38.3 Å². The summed E-state index contributed by atoms with van der Waals surface area (Å²) in [5, 5.41) is 0. The highest BCUT2D eigenvalue weighted by Crippen LogP contribution is 2.36. The van der Waals surface area contributed by atoms with Crippen LogP contribution in [0.4, 0.5) is 11.4 Å². The Hall–Kier alpha value is -1.88. The van der Waals surface area contributed by atoms with Gasteiger partial charge in [-0.1, -0.05) is 36.4 Å². The molecule has 0 saturated carbocycles. The lowest BCUT2D eigenvalue weighted by Gasteiger charge is -2.38. The van der Waals surface area contributed by atoms with E-state index in [0.717, 1.165) is 39.1 Å². The van der Waals surface area contributed by atoms with Crippen molar-refractivity contribution in [1.29, 1.82) is 0 Å².